The van der Waals surface area contributed by atoms with Crippen molar-refractivity contribution in [1.82, 2.24) is 10.3 Å². The van der Waals surface area contributed by atoms with Crippen molar-refractivity contribution >= 4 is 29.1 Å². The first-order valence-corrected chi connectivity index (χ1v) is 9.24. The molecule has 0 spiro atoms. The van der Waals surface area contributed by atoms with Gasteiger partial charge in [-0.15, -0.1) is 0 Å². The fraction of sp³-hybridized carbons (Fsp3) is 0.143. The summed E-state index contributed by atoms with van der Waals surface area (Å²) >= 11 is 11.9. The lowest BCUT2D eigenvalue weighted by Crippen LogP contribution is -2.23. The van der Waals surface area contributed by atoms with Crippen molar-refractivity contribution in [2.75, 3.05) is 0 Å². The van der Waals surface area contributed by atoms with Crippen LogP contribution >= 0.6 is 23.2 Å². The van der Waals surface area contributed by atoms with Crippen LogP contribution in [-0.2, 0) is 17.8 Å². The molecule has 3 aromatic rings. The third-order valence-electron chi connectivity index (χ3n) is 3.87. The minimum atomic E-state index is -0.0304. The molecular formula is C21H18Cl2N2O2. The van der Waals surface area contributed by atoms with Gasteiger partial charge in [0.25, 0.3) is 0 Å². The molecule has 6 heteroatoms. The summed E-state index contributed by atoms with van der Waals surface area (Å²) in [7, 11) is 0. The van der Waals surface area contributed by atoms with Crippen LogP contribution in [0.4, 0.5) is 0 Å². The quantitative estimate of drug-likeness (QED) is 0.575. The minimum absolute atomic E-state index is 0.0304. The molecule has 0 aliphatic carbocycles. The summed E-state index contributed by atoms with van der Waals surface area (Å²) in [4.78, 5) is 16.2. The van der Waals surface area contributed by atoms with Crippen LogP contribution in [0.3, 0.4) is 0 Å². The zero-order valence-corrected chi connectivity index (χ0v) is 16.0. The molecular weight excluding hydrogens is 383 g/mol. The van der Waals surface area contributed by atoms with E-state index in [-0.39, 0.29) is 5.91 Å². The van der Waals surface area contributed by atoms with Crippen LogP contribution in [-0.4, -0.2) is 10.9 Å². The van der Waals surface area contributed by atoms with Gasteiger partial charge in [-0.2, -0.15) is 0 Å². The second-order valence-corrected chi connectivity index (χ2v) is 6.76. The molecule has 0 radical (unpaired) electrons. The smallest absolute Gasteiger partial charge is 0.220 e. The van der Waals surface area contributed by atoms with E-state index < -0.39 is 0 Å². The number of nitrogens with one attached hydrogen (secondary N) is 1. The van der Waals surface area contributed by atoms with Gasteiger partial charge in [0.1, 0.15) is 5.75 Å². The number of aromatic nitrogens is 1. The van der Waals surface area contributed by atoms with Crippen molar-refractivity contribution in [2.45, 2.75) is 19.4 Å². The highest BCUT2D eigenvalue weighted by molar-refractivity contribution is 6.42. The van der Waals surface area contributed by atoms with E-state index in [2.05, 4.69) is 10.3 Å². The molecule has 1 N–H and O–H groups in total. The van der Waals surface area contributed by atoms with Crippen LogP contribution in [0.25, 0.3) is 0 Å². The Kier molecular flexibility index (Phi) is 6.69. The number of carbonyl (C=O) groups is 1. The average Bonchev–Trinajstić information content (AvgIpc) is 2.68. The molecule has 0 saturated carbocycles. The number of amides is 1. The van der Waals surface area contributed by atoms with Crippen LogP contribution in [0.2, 0.25) is 10.0 Å². The van der Waals surface area contributed by atoms with E-state index in [1.165, 1.54) is 0 Å². The summed E-state index contributed by atoms with van der Waals surface area (Å²) in [5, 5.41) is 3.93. The number of nitrogens with zero attached hydrogens (tertiary/aromatic N) is 1. The number of hydrogen-bond acceptors (Lipinski definition) is 3. The molecule has 27 heavy (non-hydrogen) atoms. The van der Waals surface area contributed by atoms with Gasteiger partial charge in [-0.3, -0.25) is 4.79 Å². The van der Waals surface area contributed by atoms with E-state index in [4.69, 9.17) is 27.9 Å². The Balaban J connectivity index is 1.49. The molecule has 0 aliphatic rings. The van der Waals surface area contributed by atoms with Crippen molar-refractivity contribution < 1.29 is 9.53 Å². The van der Waals surface area contributed by atoms with Crippen molar-refractivity contribution in [3.8, 4) is 11.6 Å². The van der Waals surface area contributed by atoms with E-state index in [9.17, 15) is 4.79 Å². The fourth-order valence-corrected chi connectivity index (χ4v) is 2.81. The highest BCUT2D eigenvalue weighted by atomic mass is 35.5. The molecule has 0 saturated heterocycles. The fourth-order valence-electron chi connectivity index (χ4n) is 2.49. The van der Waals surface area contributed by atoms with E-state index >= 15 is 0 Å². The number of benzene rings is 2. The van der Waals surface area contributed by atoms with Crippen LogP contribution in [0, 0.1) is 0 Å². The lowest BCUT2D eigenvalue weighted by Gasteiger charge is -2.08. The third-order valence-corrected chi connectivity index (χ3v) is 4.61. The Bertz CT molecular complexity index is 917. The van der Waals surface area contributed by atoms with Gasteiger partial charge in [0.05, 0.1) is 10.0 Å². The van der Waals surface area contributed by atoms with Crippen molar-refractivity contribution in [2.24, 2.45) is 0 Å². The van der Waals surface area contributed by atoms with Crippen molar-refractivity contribution in [1.29, 1.82) is 0 Å². The summed E-state index contributed by atoms with van der Waals surface area (Å²) in [6.45, 7) is 0.430. The zero-order chi connectivity index (χ0) is 19.1. The topological polar surface area (TPSA) is 51.2 Å². The summed E-state index contributed by atoms with van der Waals surface area (Å²) in [6.07, 6.45) is 2.65. The highest BCUT2D eigenvalue weighted by Gasteiger charge is 2.06. The zero-order valence-electron chi connectivity index (χ0n) is 14.5. The van der Waals surface area contributed by atoms with Crippen LogP contribution in [0.15, 0.2) is 66.9 Å². The number of pyridine rings is 1. The molecule has 0 atom stereocenters. The Morgan fingerprint density at radius 2 is 1.85 bits per heavy atom. The molecule has 0 fully saturated rings. The Morgan fingerprint density at radius 3 is 2.63 bits per heavy atom. The second-order valence-electron chi connectivity index (χ2n) is 5.94. The molecule has 1 heterocycles. The number of ether oxygens (including phenoxy) is 1. The Morgan fingerprint density at radius 1 is 0.963 bits per heavy atom. The molecule has 1 aromatic heterocycles. The maximum atomic E-state index is 12.1. The maximum Gasteiger partial charge on any atom is 0.220 e. The normalized spacial score (nSPS) is 10.4. The predicted molar refractivity (Wildman–Crippen MR) is 107 cm³/mol. The molecule has 0 unspecified atom stereocenters. The molecule has 4 nitrogen and oxygen atoms in total. The van der Waals surface area contributed by atoms with Crippen LogP contribution < -0.4 is 10.1 Å². The van der Waals surface area contributed by atoms with E-state index in [1.54, 1.807) is 24.4 Å². The van der Waals surface area contributed by atoms with Gasteiger partial charge in [0.15, 0.2) is 0 Å². The summed E-state index contributed by atoms with van der Waals surface area (Å²) in [6, 6.07) is 18.4. The van der Waals surface area contributed by atoms with Crippen molar-refractivity contribution in [3.05, 3.63) is 88.0 Å². The van der Waals surface area contributed by atoms with Gasteiger partial charge in [0.2, 0.25) is 11.8 Å². The minimum Gasteiger partial charge on any atom is -0.439 e. The number of hydrogen-bond donors (Lipinski definition) is 1. The largest absolute Gasteiger partial charge is 0.439 e. The monoisotopic (exact) mass is 400 g/mol. The third kappa shape index (κ3) is 5.98. The van der Waals surface area contributed by atoms with Gasteiger partial charge in [-0.05, 0) is 47.9 Å². The van der Waals surface area contributed by atoms with Crippen molar-refractivity contribution in [3.63, 3.8) is 0 Å². The Hall–Kier alpha value is -2.56. The van der Waals surface area contributed by atoms with Gasteiger partial charge >= 0.3 is 0 Å². The second kappa shape index (κ2) is 9.40. The predicted octanol–water partition coefficient (Wildman–Crippen LogP) is 5.43. The molecule has 1 amide bonds. The molecule has 0 bridgehead atoms. The molecule has 138 valence electrons. The number of carbonyl (C=O) groups excluding carboxylic acids is 1. The first-order valence-electron chi connectivity index (χ1n) is 8.48. The van der Waals surface area contributed by atoms with Crippen LogP contribution in [0.1, 0.15) is 17.5 Å². The Labute approximate surface area is 168 Å². The number of aryl methyl sites for hydroxylation is 1. The number of rotatable bonds is 7. The van der Waals surface area contributed by atoms with E-state index in [0.29, 0.717) is 41.1 Å². The molecule has 2 aromatic carbocycles. The SMILES string of the molecule is O=C(CCc1ccc(Cl)c(Cl)c1)NCc1cccc(Oc2ccccn2)c1. The number of halogens is 2. The lowest BCUT2D eigenvalue weighted by molar-refractivity contribution is -0.121. The van der Waals surface area contributed by atoms with Gasteiger partial charge < -0.3 is 10.1 Å². The van der Waals surface area contributed by atoms with Crippen LogP contribution in [0.5, 0.6) is 11.6 Å². The van der Waals surface area contributed by atoms with E-state index in [1.807, 2.05) is 42.5 Å². The average molecular weight is 401 g/mol. The molecule has 3 rings (SSSR count). The standard InChI is InChI=1S/C21H18Cl2N2O2/c22-18-9-7-15(13-19(18)23)8-10-20(26)25-14-16-4-3-5-17(12-16)27-21-6-1-2-11-24-21/h1-7,9,11-13H,8,10,14H2,(H,25,26). The first-order chi connectivity index (χ1) is 13.1. The summed E-state index contributed by atoms with van der Waals surface area (Å²) in [5.74, 6) is 1.17. The highest BCUT2D eigenvalue weighted by Crippen LogP contribution is 2.23. The lowest BCUT2D eigenvalue weighted by atomic mass is 10.1. The van der Waals surface area contributed by atoms with Gasteiger partial charge in [0, 0.05) is 25.2 Å². The van der Waals surface area contributed by atoms with E-state index in [0.717, 1.165) is 11.1 Å². The molecule has 0 aliphatic heterocycles. The summed E-state index contributed by atoms with van der Waals surface area (Å²) < 4.78 is 5.70. The summed E-state index contributed by atoms with van der Waals surface area (Å²) in [5.41, 5.74) is 1.93. The van der Waals surface area contributed by atoms with Gasteiger partial charge in [-0.1, -0.05) is 47.5 Å². The maximum absolute atomic E-state index is 12.1. The van der Waals surface area contributed by atoms with Gasteiger partial charge in [-0.25, -0.2) is 4.98 Å². The first kappa shape index (κ1) is 19.2.